The fraction of sp³-hybridized carbons (Fsp3) is 0.364. The highest BCUT2D eigenvalue weighted by atomic mass is 35.5. The molecule has 6 nitrogen and oxygen atoms in total. The molecule has 0 bridgehead atoms. The molecule has 1 aromatic rings. The van der Waals surface area contributed by atoms with E-state index in [0.29, 0.717) is 6.54 Å². The van der Waals surface area contributed by atoms with E-state index in [9.17, 15) is 14.9 Å². The van der Waals surface area contributed by atoms with E-state index in [-0.39, 0.29) is 28.8 Å². The number of rotatable bonds is 5. The summed E-state index contributed by atoms with van der Waals surface area (Å²) in [5.74, 6) is -0.147. The van der Waals surface area contributed by atoms with Gasteiger partial charge >= 0.3 is 5.69 Å². The molecule has 18 heavy (non-hydrogen) atoms. The topological polar surface area (TPSA) is 75.5 Å². The summed E-state index contributed by atoms with van der Waals surface area (Å²) in [4.78, 5) is 23.4. The standard InChI is InChI=1S/C11H14ClN3O3/c1-3-14(2)10(16)7-13-9-6-4-5-8(12)11(9)15(17)18/h4-6,13H,3,7H2,1-2H3. The molecular formula is C11H14ClN3O3. The molecule has 0 saturated heterocycles. The van der Waals surface area contributed by atoms with Crippen LogP contribution in [-0.2, 0) is 4.79 Å². The Kier molecular flexibility index (Phi) is 4.91. The zero-order chi connectivity index (χ0) is 13.7. The van der Waals surface area contributed by atoms with Crippen molar-refractivity contribution in [2.45, 2.75) is 6.92 Å². The number of benzene rings is 1. The SMILES string of the molecule is CCN(C)C(=O)CNc1cccc(Cl)c1[N+](=O)[O-]. The van der Waals surface area contributed by atoms with Gasteiger partial charge in [0.1, 0.15) is 10.7 Å². The predicted octanol–water partition coefficient (Wildman–Crippen LogP) is 2.14. The molecule has 0 aliphatic rings. The third-order valence-corrected chi connectivity index (χ3v) is 2.80. The van der Waals surface area contributed by atoms with Gasteiger partial charge in [-0.25, -0.2) is 0 Å². The van der Waals surface area contributed by atoms with E-state index in [1.165, 1.54) is 17.0 Å². The van der Waals surface area contributed by atoms with Gasteiger partial charge in [-0.15, -0.1) is 0 Å². The minimum atomic E-state index is -0.571. The number of nitrogens with zero attached hydrogens (tertiary/aromatic N) is 2. The van der Waals surface area contributed by atoms with Crippen LogP contribution < -0.4 is 5.32 Å². The first kappa shape index (κ1) is 14.2. The molecule has 0 aliphatic carbocycles. The summed E-state index contributed by atoms with van der Waals surface area (Å²) in [7, 11) is 1.66. The number of carbonyl (C=O) groups is 1. The highest BCUT2D eigenvalue weighted by Crippen LogP contribution is 2.31. The fourth-order valence-corrected chi connectivity index (χ4v) is 1.57. The predicted molar refractivity (Wildman–Crippen MR) is 69.9 cm³/mol. The van der Waals surface area contributed by atoms with E-state index in [1.54, 1.807) is 13.1 Å². The number of hydrogen-bond donors (Lipinski definition) is 1. The van der Waals surface area contributed by atoms with Gasteiger partial charge in [0.05, 0.1) is 11.5 Å². The van der Waals surface area contributed by atoms with Crippen molar-refractivity contribution >= 4 is 28.9 Å². The Labute approximate surface area is 110 Å². The van der Waals surface area contributed by atoms with Crippen molar-refractivity contribution in [2.24, 2.45) is 0 Å². The zero-order valence-electron chi connectivity index (χ0n) is 10.1. The first-order valence-electron chi connectivity index (χ1n) is 5.38. The summed E-state index contributed by atoms with van der Waals surface area (Å²) in [5, 5.41) is 13.6. The first-order valence-corrected chi connectivity index (χ1v) is 5.76. The number of hydrogen-bond acceptors (Lipinski definition) is 4. The minimum Gasteiger partial charge on any atom is -0.371 e. The molecule has 98 valence electrons. The monoisotopic (exact) mass is 271 g/mol. The van der Waals surface area contributed by atoms with Crippen molar-refractivity contribution in [3.05, 3.63) is 33.3 Å². The lowest BCUT2D eigenvalue weighted by molar-refractivity contribution is -0.383. The van der Waals surface area contributed by atoms with Crippen LogP contribution in [0.4, 0.5) is 11.4 Å². The number of nitro groups is 1. The number of para-hydroxylation sites is 1. The van der Waals surface area contributed by atoms with Crippen LogP contribution in [0.1, 0.15) is 6.92 Å². The van der Waals surface area contributed by atoms with Crippen LogP contribution in [0.3, 0.4) is 0 Å². The molecule has 1 N–H and O–H groups in total. The van der Waals surface area contributed by atoms with Crippen molar-refractivity contribution in [3.8, 4) is 0 Å². The van der Waals surface area contributed by atoms with Gasteiger partial charge in [0.2, 0.25) is 5.91 Å². The molecule has 0 aliphatic heterocycles. The van der Waals surface area contributed by atoms with Crippen LogP contribution >= 0.6 is 11.6 Å². The largest absolute Gasteiger partial charge is 0.371 e. The van der Waals surface area contributed by atoms with Crippen molar-refractivity contribution in [2.75, 3.05) is 25.5 Å². The Morgan fingerprint density at radius 1 is 1.56 bits per heavy atom. The van der Waals surface area contributed by atoms with Crippen LogP contribution in [0.2, 0.25) is 5.02 Å². The van der Waals surface area contributed by atoms with Gasteiger partial charge in [-0.05, 0) is 19.1 Å². The maximum Gasteiger partial charge on any atom is 0.310 e. The summed E-state index contributed by atoms with van der Waals surface area (Å²) in [6, 6.07) is 4.54. The van der Waals surface area contributed by atoms with Crippen LogP contribution in [-0.4, -0.2) is 35.9 Å². The lowest BCUT2D eigenvalue weighted by Crippen LogP contribution is -2.32. The van der Waals surface area contributed by atoms with Crippen molar-refractivity contribution in [1.82, 2.24) is 4.90 Å². The third kappa shape index (κ3) is 3.33. The van der Waals surface area contributed by atoms with Gasteiger partial charge in [-0.2, -0.15) is 0 Å². The Balaban J connectivity index is 2.83. The summed E-state index contributed by atoms with van der Waals surface area (Å²) in [5.41, 5.74) is 0.0245. The van der Waals surface area contributed by atoms with Gasteiger partial charge in [-0.1, -0.05) is 17.7 Å². The normalized spacial score (nSPS) is 9.94. The number of amides is 1. The summed E-state index contributed by atoms with van der Waals surface area (Å²) in [6.07, 6.45) is 0. The summed E-state index contributed by atoms with van der Waals surface area (Å²) in [6.45, 7) is 2.42. The van der Waals surface area contributed by atoms with Gasteiger partial charge in [-0.3, -0.25) is 14.9 Å². The summed E-state index contributed by atoms with van der Waals surface area (Å²) < 4.78 is 0. The highest BCUT2D eigenvalue weighted by Gasteiger charge is 2.18. The van der Waals surface area contributed by atoms with E-state index in [0.717, 1.165) is 0 Å². The number of carbonyl (C=O) groups excluding carboxylic acids is 1. The molecule has 0 fully saturated rings. The second kappa shape index (κ2) is 6.20. The van der Waals surface area contributed by atoms with Gasteiger partial charge < -0.3 is 10.2 Å². The molecule has 1 rings (SSSR count). The average Bonchev–Trinajstić information content (AvgIpc) is 2.34. The second-order valence-electron chi connectivity index (χ2n) is 3.65. The number of nitrogens with one attached hydrogen (secondary N) is 1. The maximum absolute atomic E-state index is 11.6. The molecule has 0 spiro atoms. The van der Waals surface area contributed by atoms with E-state index < -0.39 is 4.92 Å². The van der Waals surface area contributed by atoms with E-state index in [1.807, 2.05) is 6.92 Å². The molecule has 0 radical (unpaired) electrons. The third-order valence-electron chi connectivity index (χ3n) is 2.50. The molecule has 0 saturated carbocycles. The van der Waals surface area contributed by atoms with Crippen molar-refractivity contribution < 1.29 is 9.72 Å². The molecule has 1 amide bonds. The van der Waals surface area contributed by atoms with Crippen molar-refractivity contribution in [3.63, 3.8) is 0 Å². The first-order chi connectivity index (χ1) is 8.47. The van der Waals surface area contributed by atoms with Crippen LogP contribution in [0, 0.1) is 10.1 Å². The van der Waals surface area contributed by atoms with E-state index in [2.05, 4.69) is 5.32 Å². The Hall–Kier alpha value is -1.82. The van der Waals surface area contributed by atoms with E-state index >= 15 is 0 Å². The van der Waals surface area contributed by atoms with Gasteiger partial charge in [0, 0.05) is 13.6 Å². The maximum atomic E-state index is 11.6. The Morgan fingerprint density at radius 3 is 2.78 bits per heavy atom. The van der Waals surface area contributed by atoms with Gasteiger partial charge in [0.15, 0.2) is 0 Å². The zero-order valence-corrected chi connectivity index (χ0v) is 10.9. The molecule has 0 heterocycles. The molecule has 1 aromatic carbocycles. The molecule has 7 heteroatoms. The number of nitro benzene ring substituents is 1. The number of halogens is 1. The molecule has 0 unspecified atom stereocenters. The number of anilines is 1. The Bertz CT molecular complexity index is 465. The number of likely N-dealkylation sites (N-methyl/N-ethyl adjacent to an activating group) is 1. The smallest absolute Gasteiger partial charge is 0.310 e. The van der Waals surface area contributed by atoms with Crippen LogP contribution in [0.25, 0.3) is 0 Å². The average molecular weight is 272 g/mol. The lowest BCUT2D eigenvalue weighted by atomic mass is 10.2. The quantitative estimate of drug-likeness (QED) is 0.658. The second-order valence-corrected chi connectivity index (χ2v) is 4.06. The van der Waals surface area contributed by atoms with E-state index in [4.69, 9.17) is 11.6 Å². The molecule has 0 atom stereocenters. The fourth-order valence-electron chi connectivity index (χ4n) is 1.33. The molecule has 0 aromatic heterocycles. The molecular weight excluding hydrogens is 258 g/mol. The summed E-state index contributed by atoms with van der Waals surface area (Å²) >= 11 is 5.75. The van der Waals surface area contributed by atoms with Gasteiger partial charge in [0.25, 0.3) is 0 Å². The highest BCUT2D eigenvalue weighted by molar-refractivity contribution is 6.33. The minimum absolute atomic E-state index is 0.00841. The van der Waals surface area contributed by atoms with Crippen molar-refractivity contribution in [1.29, 1.82) is 0 Å². The Morgan fingerprint density at radius 2 is 2.22 bits per heavy atom. The van der Waals surface area contributed by atoms with Crippen LogP contribution in [0.15, 0.2) is 18.2 Å². The lowest BCUT2D eigenvalue weighted by Gasteiger charge is -2.15. The van der Waals surface area contributed by atoms with Crippen LogP contribution in [0.5, 0.6) is 0 Å².